The first-order valence-corrected chi connectivity index (χ1v) is 12.6. The summed E-state index contributed by atoms with van der Waals surface area (Å²) in [4.78, 5) is 50.8. The van der Waals surface area contributed by atoms with E-state index >= 15 is 0 Å². The maximum Gasteiger partial charge on any atom is 0.343 e. The Kier molecular flexibility index (Phi) is 9.29. The van der Waals surface area contributed by atoms with Gasteiger partial charge in [0.05, 0.1) is 28.6 Å². The van der Waals surface area contributed by atoms with Crippen molar-refractivity contribution in [2.24, 2.45) is 0 Å². The Bertz CT molecular complexity index is 1120. The van der Waals surface area contributed by atoms with Gasteiger partial charge in [0.1, 0.15) is 12.1 Å². The Balaban J connectivity index is 1.69. The normalized spacial score (nSPS) is 15.9. The number of esters is 2. The summed E-state index contributed by atoms with van der Waals surface area (Å²) in [6, 6.07) is 7.44. The van der Waals surface area contributed by atoms with Crippen molar-refractivity contribution in [1.29, 1.82) is 0 Å². The molecule has 1 heterocycles. The van der Waals surface area contributed by atoms with Gasteiger partial charge >= 0.3 is 11.9 Å². The summed E-state index contributed by atoms with van der Waals surface area (Å²) in [6.45, 7) is 1.39. The predicted octanol–water partition coefficient (Wildman–Crippen LogP) is 3.99. The molecule has 186 valence electrons. The van der Waals surface area contributed by atoms with E-state index in [1.54, 1.807) is 12.1 Å². The molecule has 8 nitrogen and oxygen atoms in total. The first-order valence-electron chi connectivity index (χ1n) is 10.3. The molecule has 0 aromatic heterocycles. The highest BCUT2D eigenvalue weighted by molar-refractivity contribution is 7.99. The number of halogens is 3. The van der Waals surface area contributed by atoms with E-state index in [1.807, 2.05) is 0 Å². The van der Waals surface area contributed by atoms with Crippen LogP contribution in [0.4, 0.5) is 0 Å². The molecule has 1 aliphatic rings. The van der Waals surface area contributed by atoms with Crippen LogP contribution in [0.1, 0.15) is 22.8 Å². The number of thioether (sulfide) groups is 1. The molecular formula is C23H21Cl3N2O6S. The summed E-state index contributed by atoms with van der Waals surface area (Å²) in [5.74, 6) is -1.12. The number of methoxy groups -OCH3 is 1. The zero-order valence-electron chi connectivity index (χ0n) is 18.7. The Hall–Kier alpha value is -2.46. The lowest BCUT2D eigenvalue weighted by Gasteiger charge is -2.24. The standard InChI is InChI=1S/C23H21Cl3N2O6S/c1-12(29)28-11-35-10-19(28)21(30)27-18(23(32)33-2)7-13-3-5-14(6-4-13)22(31)34-20-16(25)8-15(24)9-17(20)26/h3-6,8-9,18-19H,7,10-11H2,1-2H3,(H,27,30)/t18-,19+/m0/s1. The van der Waals surface area contributed by atoms with E-state index in [9.17, 15) is 19.2 Å². The Labute approximate surface area is 221 Å². The molecule has 35 heavy (non-hydrogen) atoms. The van der Waals surface area contributed by atoms with Gasteiger partial charge in [0, 0.05) is 24.1 Å². The molecule has 0 spiro atoms. The van der Waals surface area contributed by atoms with Gasteiger partial charge < -0.3 is 19.7 Å². The van der Waals surface area contributed by atoms with Gasteiger partial charge in [-0.1, -0.05) is 46.9 Å². The van der Waals surface area contributed by atoms with Gasteiger partial charge in [-0.25, -0.2) is 9.59 Å². The van der Waals surface area contributed by atoms with Crippen molar-refractivity contribution < 1.29 is 28.7 Å². The fourth-order valence-corrected chi connectivity index (χ4v) is 5.48. The molecule has 0 unspecified atom stereocenters. The average Bonchev–Trinajstić information content (AvgIpc) is 3.31. The number of carbonyl (C=O) groups is 4. The third-order valence-electron chi connectivity index (χ3n) is 5.18. The van der Waals surface area contributed by atoms with Crippen LogP contribution in [0.25, 0.3) is 0 Å². The Morgan fingerprint density at radius 3 is 2.31 bits per heavy atom. The number of amides is 2. The van der Waals surface area contributed by atoms with E-state index in [4.69, 9.17) is 44.3 Å². The summed E-state index contributed by atoms with van der Waals surface area (Å²) < 4.78 is 10.1. The van der Waals surface area contributed by atoms with Crippen LogP contribution in [0, 0.1) is 0 Å². The summed E-state index contributed by atoms with van der Waals surface area (Å²) in [5.41, 5.74) is 0.874. The molecule has 12 heteroatoms. The summed E-state index contributed by atoms with van der Waals surface area (Å²) in [6.07, 6.45) is 0.114. The minimum Gasteiger partial charge on any atom is -0.467 e. The number of nitrogens with zero attached hydrogens (tertiary/aromatic N) is 1. The maximum absolute atomic E-state index is 12.8. The summed E-state index contributed by atoms with van der Waals surface area (Å²) in [7, 11) is 1.22. The van der Waals surface area contributed by atoms with Gasteiger partial charge in [-0.2, -0.15) is 0 Å². The molecule has 0 aliphatic carbocycles. The smallest absolute Gasteiger partial charge is 0.343 e. The highest BCUT2D eigenvalue weighted by Crippen LogP contribution is 2.36. The lowest BCUT2D eigenvalue weighted by atomic mass is 10.0. The molecule has 1 fully saturated rings. The van der Waals surface area contributed by atoms with Gasteiger partial charge in [-0.05, 0) is 29.8 Å². The molecule has 2 aromatic rings. The van der Waals surface area contributed by atoms with Crippen LogP contribution < -0.4 is 10.1 Å². The van der Waals surface area contributed by atoms with Crippen LogP contribution in [0.5, 0.6) is 5.75 Å². The van der Waals surface area contributed by atoms with Crippen molar-refractivity contribution in [3.63, 3.8) is 0 Å². The van der Waals surface area contributed by atoms with Crippen molar-refractivity contribution >= 4 is 70.3 Å². The molecular weight excluding hydrogens is 539 g/mol. The van der Waals surface area contributed by atoms with Gasteiger partial charge in [0.15, 0.2) is 5.75 Å². The van der Waals surface area contributed by atoms with Crippen molar-refractivity contribution in [1.82, 2.24) is 10.2 Å². The lowest BCUT2D eigenvalue weighted by Crippen LogP contribution is -2.52. The first kappa shape index (κ1) is 27.1. The van der Waals surface area contributed by atoms with Crippen LogP contribution >= 0.6 is 46.6 Å². The number of hydrogen-bond acceptors (Lipinski definition) is 7. The van der Waals surface area contributed by atoms with Crippen LogP contribution in [0.3, 0.4) is 0 Å². The van der Waals surface area contributed by atoms with Crippen LogP contribution in [0.2, 0.25) is 15.1 Å². The minimum atomic E-state index is -0.976. The zero-order chi connectivity index (χ0) is 25.7. The predicted molar refractivity (Wildman–Crippen MR) is 134 cm³/mol. The second-order valence-electron chi connectivity index (χ2n) is 7.58. The topological polar surface area (TPSA) is 102 Å². The van der Waals surface area contributed by atoms with Crippen molar-refractivity contribution in [3.8, 4) is 5.75 Å². The molecule has 1 saturated heterocycles. The molecule has 0 saturated carbocycles. The third kappa shape index (κ3) is 6.82. The third-order valence-corrected chi connectivity index (χ3v) is 6.97. The number of hydrogen-bond donors (Lipinski definition) is 1. The van der Waals surface area contributed by atoms with E-state index in [2.05, 4.69) is 5.32 Å². The molecule has 1 N–H and O–H groups in total. The zero-order valence-corrected chi connectivity index (χ0v) is 21.8. The van der Waals surface area contributed by atoms with E-state index < -0.39 is 29.9 Å². The van der Waals surface area contributed by atoms with Gasteiger partial charge in [0.2, 0.25) is 11.8 Å². The van der Waals surface area contributed by atoms with Crippen molar-refractivity contribution in [2.75, 3.05) is 18.7 Å². The van der Waals surface area contributed by atoms with Gasteiger partial charge in [-0.15, -0.1) is 11.8 Å². The van der Waals surface area contributed by atoms with Crippen molar-refractivity contribution in [3.05, 3.63) is 62.6 Å². The molecule has 0 bridgehead atoms. The van der Waals surface area contributed by atoms with E-state index in [1.165, 1.54) is 55.0 Å². The lowest BCUT2D eigenvalue weighted by molar-refractivity contribution is -0.146. The minimum absolute atomic E-state index is 0.00930. The highest BCUT2D eigenvalue weighted by atomic mass is 35.5. The molecule has 0 radical (unpaired) electrons. The number of carbonyl (C=O) groups excluding carboxylic acids is 4. The molecule has 1 aliphatic heterocycles. The van der Waals surface area contributed by atoms with E-state index in [0.717, 1.165) is 0 Å². The fourth-order valence-electron chi connectivity index (χ4n) is 3.36. The average molecular weight is 560 g/mol. The molecule has 2 atom stereocenters. The highest BCUT2D eigenvalue weighted by Gasteiger charge is 2.35. The first-order chi connectivity index (χ1) is 16.6. The number of rotatable bonds is 7. The van der Waals surface area contributed by atoms with Crippen LogP contribution in [-0.2, 0) is 25.5 Å². The van der Waals surface area contributed by atoms with Gasteiger partial charge in [0.25, 0.3) is 0 Å². The van der Waals surface area contributed by atoms with E-state index in [-0.39, 0.29) is 33.7 Å². The second-order valence-corrected chi connectivity index (χ2v) is 9.83. The van der Waals surface area contributed by atoms with E-state index in [0.29, 0.717) is 22.2 Å². The molecule has 2 amide bonds. The van der Waals surface area contributed by atoms with Crippen LogP contribution in [-0.4, -0.2) is 59.5 Å². The Morgan fingerprint density at radius 2 is 1.74 bits per heavy atom. The second kappa shape index (κ2) is 12.0. The molecule has 2 aromatic carbocycles. The maximum atomic E-state index is 12.8. The monoisotopic (exact) mass is 558 g/mol. The summed E-state index contributed by atoms with van der Waals surface area (Å²) >= 11 is 19.4. The quantitative estimate of drug-likeness (QED) is 0.404. The number of ether oxygens (including phenoxy) is 2. The SMILES string of the molecule is COC(=O)[C@H](Cc1ccc(C(=O)Oc2c(Cl)cc(Cl)cc2Cl)cc1)NC(=O)[C@H]1CSCN1C(C)=O. The Morgan fingerprint density at radius 1 is 1.11 bits per heavy atom. The summed E-state index contributed by atoms with van der Waals surface area (Å²) in [5, 5.41) is 3.16. The number of benzene rings is 2. The van der Waals surface area contributed by atoms with Crippen molar-refractivity contribution in [2.45, 2.75) is 25.4 Å². The molecule has 3 rings (SSSR count). The fraction of sp³-hybridized carbons (Fsp3) is 0.304. The number of nitrogens with one attached hydrogen (secondary N) is 1. The van der Waals surface area contributed by atoms with Gasteiger partial charge in [-0.3, -0.25) is 9.59 Å². The largest absolute Gasteiger partial charge is 0.467 e. The van der Waals surface area contributed by atoms with Crippen LogP contribution in [0.15, 0.2) is 36.4 Å².